The third kappa shape index (κ3) is 7.02. The van der Waals surface area contributed by atoms with E-state index in [0.717, 1.165) is 58.0 Å². The van der Waals surface area contributed by atoms with Crippen molar-refractivity contribution < 1.29 is 15.0 Å². The van der Waals surface area contributed by atoms with Crippen LogP contribution in [0.1, 0.15) is 58.3 Å². The maximum absolute atomic E-state index is 11.6. The van der Waals surface area contributed by atoms with E-state index in [-0.39, 0.29) is 17.9 Å². The summed E-state index contributed by atoms with van der Waals surface area (Å²) in [5, 5.41) is 24.0. The molecule has 1 saturated carbocycles. The molecule has 0 heterocycles. The third-order valence-electron chi connectivity index (χ3n) is 6.20. The van der Waals surface area contributed by atoms with Crippen LogP contribution in [0.15, 0.2) is 23.8 Å². The lowest BCUT2D eigenvalue weighted by Crippen LogP contribution is -2.24. The normalized spacial score (nSPS) is 27.8. The van der Waals surface area contributed by atoms with Crippen LogP contribution in [0.5, 0.6) is 0 Å². The zero-order valence-corrected chi connectivity index (χ0v) is 17.9. The molecule has 2 aliphatic carbocycles. The SMILES string of the molecule is CCCCC[C@H](O)/C=C/[C@@H]1[C@H]2CC(CNCCCC(=O)N(C)C)=C[C@H]2C[C@H]1O. The van der Waals surface area contributed by atoms with Gasteiger partial charge >= 0.3 is 0 Å². The summed E-state index contributed by atoms with van der Waals surface area (Å²) in [5.74, 6) is 1.24. The van der Waals surface area contributed by atoms with Gasteiger partial charge in [-0.05, 0) is 44.1 Å². The summed E-state index contributed by atoms with van der Waals surface area (Å²) in [6.07, 6.45) is 13.1. The van der Waals surface area contributed by atoms with E-state index in [0.29, 0.717) is 18.3 Å². The molecule has 0 unspecified atom stereocenters. The first-order valence-corrected chi connectivity index (χ1v) is 11.1. The molecule has 160 valence electrons. The number of carbonyl (C=O) groups is 1. The van der Waals surface area contributed by atoms with Gasteiger partial charge in [0.25, 0.3) is 0 Å². The molecule has 0 aliphatic heterocycles. The predicted molar refractivity (Wildman–Crippen MR) is 114 cm³/mol. The maximum Gasteiger partial charge on any atom is 0.222 e. The van der Waals surface area contributed by atoms with Crippen LogP contribution in [-0.2, 0) is 4.79 Å². The number of fused-ring (bicyclic) bond motifs is 1. The highest BCUT2D eigenvalue weighted by Crippen LogP contribution is 2.47. The van der Waals surface area contributed by atoms with Gasteiger partial charge in [-0.1, -0.05) is 50.0 Å². The molecule has 0 radical (unpaired) electrons. The van der Waals surface area contributed by atoms with Crippen molar-refractivity contribution in [1.29, 1.82) is 0 Å². The Labute approximate surface area is 170 Å². The third-order valence-corrected chi connectivity index (χ3v) is 6.20. The molecular weight excluding hydrogens is 352 g/mol. The zero-order valence-electron chi connectivity index (χ0n) is 17.9. The summed E-state index contributed by atoms with van der Waals surface area (Å²) < 4.78 is 0. The van der Waals surface area contributed by atoms with Gasteiger partial charge in [0.15, 0.2) is 0 Å². The van der Waals surface area contributed by atoms with Crippen molar-refractivity contribution >= 4 is 5.91 Å². The van der Waals surface area contributed by atoms with Crippen LogP contribution in [0.25, 0.3) is 0 Å². The summed E-state index contributed by atoms with van der Waals surface area (Å²) >= 11 is 0. The van der Waals surface area contributed by atoms with Gasteiger partial charge < -0.3 is 20.4 Å². The summed E-state index contributed by atoms with van der Waals surface area (Å²) in [6.45, 7) is 3.89. The largest absolute Gasteiger partial charge is 0.392 e. The number of nitrogens with one attached hydrogen (secondary N) is 1. The Hall–Kier alpha value is -1.17. The molecule has 0 spiro atoms. The second kappa shape index (κ2) is 11.7. The second-order valence-corrected chi connectivity index (χ2v) is 8.75. The number of hydrogen-bond donors (Lipinski definition) is 3. The first-order valence-electron chi connectivity index (χ1n) is 11.1. The van der Waals surface area contributed by atoms with Crippen LogP contribution in [0.3, 0.4) is 0 Å². The molecule has 0 bridgehead atoms. The first kappa shape index (κ1) is 23.1. The fourth-order valence-electron chi connectivity index (χ4n) is 4.53. The van der Waals surface area contributed by atoms with Gasteiger partial charge in [0.2, 0.25) is 5.91 Å². The van der Waals surface area contributed by atoms with Gasteiger partial charge in [-0.25, -0.2) is 0 Å². The smallest absolute Gasteiger partial charge is 0.222 e. The molecule has 0 aromatic heterocycles. The molecule has 0 aromatic carbocycles. The first-order chi connectivity index (χ1) is 13.4. The number of aliphatic hydroxyl groups is 2. The van der Waals surface area contributed by atoms with E-state index >= 15 is 0 Å². The fourth-order valence-corrected chi connectivity index (χ4v) is 4.53. The minimum absolute atomic E-state index is 0.150. The number of nitrogens with zero attached hydrogens (tertiary/aromatic N) is 1. The lowest BCUT2D eigenvalue weighted by molar-refractivity contribution is -0.128. The topological polar surface area (TPSA) is 72.8 Å². The number of hydrogen-bond acceptors (Lipinski definition) is 4. The molecule has 1 fully saturated rings. The minimum Gasteiger partial charge on any atom is -0.392 e. The van der Waals surface area contributed by atoms with E-state index in [1.807, 2.05) is 6.08 Å². The van der Waals surface area contributed by atoms with Crippen molar-refractivity contribution in [2.45, 2.75) is 70.5 Å². The molecule has 28 heavy (non-hydrogen) atoms. The fraction of sp³-hybridized carbons (Fsp3) is 0.783. The molecule has 1 amide bonds. The Morgan fingerprint density at radius 3 is 2.86 bits per heavy atom. The van der Waals surface area contributed by atoms with Crippen molar-refractivity contribution in [2.24, 2.45) is 17.8 Å². The lowest BCUT2D eigenvalue weighted by Gasteiger charge is -2.19. The lowest BCUT2D eigenvalue weighted by atomic mass is 9.89. The molecule has 2 rings (SSSR count). The van der Waals surface area contributed by atoms with Crippen molar-refractivity contribution in [2.75, 3.05) is 27.2 Å². The van der Waals surface area contributed by atoms with E-state index in [2.05, 4.69) is 24.4 Å². The summed E-state index contributed by atoms with van der Waals surface area (Å²) in [6, 6.07) is 0. The monoisotopic (exact) mass is 392 g/mol. The van der Waals surface area contributed by atoms with Crippen molar-refractivity contribution in [3.8, 4) is 0 Å². The molecule has 3 N–H and O–H groups in total. The molecule has 5 heteroatoms. The van der Waals surface area contributed by atoms with Crippen LogP contribution in [-0.4, -0.2) is 60.4 Å². The van der Waals surface area contributed by atoms with Crippen molar-refractivity contribution in [3.63, 3.8) is 0 Å². The standard InChI is InChI=1S/C23H40N2O3/c1-4-5-6-8-19(26)10-11-20-21-14-17(13-18(21)15-22(20)27)16-24-12-7-9-23(28)25(2)3/h10-11,13,18-22,24,26-27H,4-9,12,14-16H2,1-3H3/b11-10+/t18-,19-,20+,21-,22+/m0/s1. The van der Waals surface area contributed by atoms with Gasteiger partial charge in [0.05, 0.1) is 12.2 Å². The summed E-state index contributed by atoms with van der Waals surface area (Å²) in [7, 11) is 3.59. The Bertz CT molecular complexity index is 544. The predicted octanol–water partition coefficient (Wildman–Crippen LogP) is 2.89. The molecule has 0 aromatic rings. The van der Waals surface area contributed by atoms with Crippen LogP contribution in [0.2, 0.25) is 0 Å². The van der Waals surface area contributed by atoms with Crippen LogP contribution < -0.4 is 5.32 Å². The van der Waals surface area contributed by atoms with E-state index in [9.17, 15) is 15.0 Å². The number of rotatable bonds is 12. The Kier molecular flexibility index (Phi) is 9.69. The van der Waals surface area contributed by atoms with Gasteiger partial charge in [0, 0.05) is 33.0 Å². The van der Waals surface area contributed by atoms with Crippen molar-refractivity contribution in [3.05, 3.63) is 23.8 Å². The van der Waals surface area contributed by atoms with Gasteiger partial charge in [0.1, 0.15) is 0 Å². The second-order valence-electron chi connectivity index (χ2n) is 8.75. The maximum atomic E-state index is 11.6. The van der Waals surface area contributed by atoms with E-state index in [1.54, 1.807) is 19.0 Å². The number of carbonyl (C=O) groups excluding carboxylic acids is 1. The average molecular weight is 393 g/mol. The van der Waals surface area contributed by atoms with Gasteiger partial charge in [-0.2, -0.15) is 0 Å². The number of unbranched alkanes of at least 4 members (excludes halogenated alkanes) is 2. The van der Waals surface area contributed by atoms with Gasteiger partial charge in [-0.15, -0.1) is 0 Å². The Morgan fingerprint density at radius 2 is 2.14 bits per heavy atom. The van der Waals surface area contributed by atoms with Crippen LogP contribution in [0.4, 0.5) is 0 Å². The highest BCUT2D eigenvalue weighted by molar-refractivity contribution is 5.75. The van der Waals surface area contributed by atoms with Crippen molar-refractivity contribution in [1.82, 2.24) is 10.2 Å². The molecular formula is C23H40N2O3. The Balaban J connectivity index is 1.72. The Morgan fingerprint density at radius 1 is 1.36 bits per heavy atom. The molecule has 5 atom stereocenters. The zero-order chi connectivity index (χ0) is 20.5. The number of allylic oxidation sites excluding steroid dienone is 1. The van der Waals surface area contributed by atoms with Crippen LogP contribution >= 0.6 is 0 Å². The quantitative estimate of drug-likeness (QED) is 0.353. The van der Waals surface area contributed by atoms with Crippen LogP contribution in [0, 0.1) is 17.8 Å². The summed E-state index contributed by atoms with van der Waals surface area (Å²) in [4.78, 5) is 13.2. The molecule has 5 nitrogen and oxygen atoms in total. The minimum atomic E-state index is -0.391. The molecule has 2 aliphatic rings. The highest BCUT2D eigenvalue weighted by Gasteiger charge is 2.43. The van der Waals surface area contributed by atoms with E-state index in [1.165, 1.54) is 5.57 Å². The van der Waals surface area contributed by atoms with Gasteiger partial charge in [-0.3, -0.25) is 4.79 Å². The summed E-state index contributed by atoms with van der Waals surface area (Å²) in [5.41, 5.74) is 1.42. The van der Waals surface area contributed by atoms with E-state index < -0.39 is 6.10 Å². The number of amides is 1. The molecule has 0 saturated heterocycles. The number of aliphatic hydroxyl groups excluding tert-OH is 2. The average Bonchev–Trinajstić information content (AvgIpc) is 3.16. The highest BCUT2D eigenvalue weighted by atomic mass is 16.3. The van der Waals surface area contributed by atoms with E-state index in [4.69, 9.17) is 0 Å².